The second kappa shape index (κ2) is 9.49. The zero-order chi connectivity index (χ0) is 21.6. The highest BCUT2D eigenvalue weighted by molar-refractivity contribution is 8.00. The maximum Gasteiger partial charge on any atom is 0.227 e. The molecule has 1 fully saturated rings. The lowest BCUT2D eigenvalue weighted by atomic mass is 10.1. The third kappa shape index (κ3) is 5.32. The largest absolute Gasteiger partial charge is 0.488 e. The van der Waals surface area contributed by atoms with Gasteiger partial charge < -0.3 is 15.8 Å². The highest BCUT2D eigenvalue weighted by Gasteiger charge is 2.25. The Balaban J connectivity index is 1.72. The van der Waals surface area contributed by atoms with Gasteiger partial charge in [0.05, 0.1) is 11.4 Å². The first-order chi connectivity index (χ1) is 15.1. The van der Waals surface area contributed by atoms with E-state index in [9.17, 15) is 10.1 Å². The van der Waals surface area contributed by atoms with Gasteiger partial charge in [-0.1, -0.05) is 54.2 Å². The molecule has 0 unspecified atom stereocenters. The van der Waals surface area contributed by atoms with Crippen LogP contribution >= 0.6 is 11.8 Å². The van der Waals surface area contributed by atoms with E-state index in [1.165, 1.54) is 0 Å². The smallest absolute Gasteiger partial charge is 0.227 e. The van der Waals surface area contributed by atoms with Crippen LogP contribution in [0.1, 0.15) is 24.0 Å². The number of rotatable bonds is 9. The summed E-state index contributed by atoms with van der Waals surface area (Å²) in [6.45, 7) is 0.390. The zero-order valence-electron chi connectivity index (χ0n) is 16.7. The number of carbonyl (C=O) groups is 1. The van der Waals surface area contributed by atoms with E-state index >= 15 is 0 Å². The predicted octanol–water partition coefficient (Wildman–Crippen LogP) is 3.75. The molecule has 0 spiro atoms. The Morgan fingerprint density at radius 2 is 1.90 bits per heavy atom. The first-order valence-corrected chi connectivity index (χ1v) is 10.9. The topological polar surface area (TPSA) is 114 Å². The van der Waals surface area contributed by atoms with E-state index in [-0.39, 0.29) is 5.75 Å². The normalized spacial score (nSPS) is 12.7. The lowest BCUT2D eigenvalue weighted by Crippen LogP contribution is -2.14. The molecule has 0 atom stereocenters. The van der Waals surface area contributed by atoms with Gasteiger partial charge in [0.15, 0.2) is 0 Å². The van der Waals surface area contributed by atoms with E-state index in [1.807, 2.05) is 54.6 Å². The van der Waals surface area contributed by atoms with Crippen molar-refractivity contribution in [3.05, 3.63) is 65.7 Å². The number of nitrogens with zero attached hydrogens (tertiary/aromatic N) is 3. The number of nitrogens with two attached hydrogens (primary N) is 1. The average Bonchev–Trinajstić information content (AvgIpc) is 3.61. The molecule has 1 saturated carbocycles. The molecule has 1 aromatic heterocycles. The van der Waals surface area contributed by atoms with Gasteiger partial charge in [-0.25, -0.2) is 9.97 Å². The number of hydrogen-bond donors (Lipinski definition) is 2. The van der Waals surface area contributed by atoms with Crippen molar-refractivity contribution in [2.24, 2.45) is 5.73 Å². The van der Waals surface area contributed by atoms with Gasteiger partial charge in [0.1, 0.15) is 29.0 Å². The molecule has 0 radical (unpaired) electrons. The molecule has 3 N–H and O–H groups in total. The Morgan fingerprint density at radius 1 is 1.16 bits per heavy atom. The highest BCUT2D eigenvalue weighted by atomic mass is 32.2. The van der Waals surface area contributed by atoms with E-state index < -0.39 is 5.91 Å². The van der Waals surface area contributed by atoms with Crippen molar-refractivity contribution in [1.29, 1.82) is 5.26 Å². The van der Waals surface area contributed by atoms with Crippen molar-refractivity contribution in [1.82, 2.24) is 9.97 Å². The molecule has 0 aliphatic heterocycles. The van der Waals surface area contributed by atoms with E-state index in [2.05, 4.69) is 21.4 Å². The Morgan fingerprint density at radius 3 is 2.61 bits per heavy atom. The van der Waals surface area contributed by atoms with Gasteiger partial charge in [-0.3, -0.25) is 4.79 Å². The molecule has 3 aromatic rings. The summed E-state index contributed by atoms with van der Waals surface area (Å²) in [4.78, 5) is 20.4. The molecule has 1 amide bonds. The molecular formula is C23H21N5O2S. The van der Waals surface area contributed by atoms with Crippen molar-refractivity contribution in [3.63, 3.8) is 0 Å². The molecule has 2 aromatic carbocycles. The number of aromatic nitrogens is 2. The molecule has 0 bridgehead atoms. The summed E-state index contributed by atoms with van der Waals surface area (Å²) >= 11 is 1.14. The lowest BCUT2D eigenvalue weighted by Gasteiger charge is -2.15. The number of thioether (sulfide) groups is 1. The Bertz CT molecular complexity index is 1130. The van der Waals surface area contributed by atoms with Crippen LogP contribution in [0.25, 0.3) is 11.3 Å². The van der Waals surface area contributed by atoms with Gasteiger partial charge in [0.2, 0.25) is 11.9 Å². The molecule has 1 aliphatic rings. The lowest BCUT2D eigenvalue weighted by molar-refractivity contribution is -0.115. The SMILES string of the molecule is N#Cc1c(SCC(N)=O)nc(NC2CC2)nc1-c1ccccc1OCc1ccccc1. The van der Waals surface area contributed by atoms with Gasteiger partial charge in [0, 0.05) is 11.6 Å². The minimum atomic E-state index is -0.475. The quantitative estimate of drug-likeness (QED) is 0.392. The third-order valence-corrected chi connectivity index (χ3v) is 5.63. The van der Waals surface area contributed by atoms with Crippen molar-refractivity contribution in [2.75, 3.05) is 11.1 Å². The van der Waals surface area contributed by atoms with Crippen LogP contribution in [0, 0.1) is 11.3 Å². The molecule has 156 valence electrons. The summed E-state index contributed by atoms with van der Waals surface area (Å²) in [5.74, 6) is 0.601. The number of amides is 1. The minimum Gasteiger partial charge on any atom is -0.488 e. The predicted molar refractivity (Wildman–Crippen MR) is 120 cm³/mol. The fraction of sp³-hybridized carbons (Fsp3) is 0.217. The van der Waals surface area contributed by atoms with Crippen LogP contribution in [-0.2, 0) is 11.4 Å². The zero-order valence-corrected chi connectivity index (χ0v) is 17.6. The molecule has 8 heteroatoms. The number of carbonyl (C=O) groups excluding carboxylic acids is 1. The summed E-state index contributed by atoms with van der Waals surface area (Å²) < 4.78 is 6.08. The van der Waals surface area contributed by atoms with Crippen molar-refractivity contribution < 1.29 is 9.53 Å². The Labute approximate surface area is 184 Å². The van der Waals surface area contributed by atoms with Crippen LogP contribution in [-0.4, -0.2) is 27.7 Å². The van der Waals surface area contributed by atoms with Crippen LogP contribution in [0.2, 0.25) is 0 Å². The fourth-order valence-electron chi connectivity index (χ4n) is 2.98. The number of para-hydroxylation sites is 1. The van der Waals surface area contributed by atoms with Crippen LogP contribution in [0.3, 0.4) is 0 Å². The summed E-state index contributed by atoms with van der Waals surface area (Å²) in [6, 6.07) is 19.9. The fourth-order valence-corrected chi connectivity index (χ4v) is 3.69. The van der Waals surface area contributed by atoms with Crippen LogP contribution in [0.15, 0.2) is 59.6 Å². The standard InChI is InChI=1S/C23H21N5O2S/c24-12-18-21(27-23(26-16-10-11-16)28-22(18)31-14-20(25)29)17-8-4-5-9-19(17)30-13-15-6-2-1-3-7-15/h1-9,16H,10-11,13-14H2,(H2,25,29)(H,26,27,28). The van der Waals surface area contributed by atoms with Gasteiger partial charge in [-0.2, -0.15) is 5.26 Å². The minimum absolute atomic E-state index is 0.0279. The molecular weight excluding hydrogens is 410 g/mol. The number of nitrogens with one attached hydrogen (secondary N) is 1. The van der Waals surface area contributed by atoms with Crippen LogP contribution < -0.4 is 15.8 Å². The second-order valence-electron chi connectivity index (χ2n) is 7.13. The summed E-state index contributed by atoms with van der Waals surface area (Å²) in [7, 11) is 0. The highest BCUT2D eigenvalue weighted by Crippen LogP contribution is 2.36. The Kier molecular flexibility index (Phi) is 6.34. The molecule has 4 rings (SSSR count). The van der Waals surface area contributed by atoms with E-state index in [4.69, 9.17) is 10.5 Å². The van der Waals surface area contributed by atoms with Crippen molar-refractivity contribution in [2.45, 2.75) is 30.5 Å². The number of ether oxygens (including phenoxy) is 1. The first kappa shape index (κ1) is 20.7. The van der Waals surface area contributed by atoms with Crippen molar-refractivity contribution in [3.8, 4) is 23.1 Å². The molecule has 1 heterocycles. The van der Waals surface area contributed by atoms with E-state index in [0.29, 0.717) is 46.2 Å². The van der Waals surface area contributed by atoms with E-state index in [0.717, 1.165) is 30.2 Å². The first-order valence-electron chi connectivity index (χ1n) is 9.90. The number of nitriles is 1. The summed E-state index contributed by atoms with van der Waals surface area (Å²) in [6.07, 6.45) is 2.11. The molecule has 1 aliphatic carbocycles. The average molecular weight is 432 g/mol. The monoisotopic (exact) mass is 431 g/mol. The van der Waals surface area contributed by atoms with Crippen molar-refractivity contribution >= 4 is 23.6 Å². The second-order valence-corrected chi connectivity index (χ2v) is 8.10. The third-order valence-electron chi connectivity index (χ3n) is 4.63. The summed E-state index contributed by atoms with van der Waals surface area (Å²) in [5, 5.41) is 13.6. The van der Waals surface area contributed by atoms with Gasteiger partial charge in [-0.05, 0) is 30.5 Å². The number of benzene rings is 2. The maximum atomic E-state index is 11.3. The van der Waals surface area contributed by atoms with Crippen LogP contribution in [0.4, 0.5) is 5.95 Å². The van der Waals surface area contributed by atoms with Gasteiger partial charge >= 0.3 is 0 Å². The summed E-state index contributed by atoms with van der Waals surface area (Å²) in [5.41, 5.74) is 7.80. The Hall–Kier alpha value is -3.57. The molecule has 7 nitrogen and oxygen atoms in total. The maximum absolute atomic E-state index is 11.3. The number of anilines is 1. The van der Waals surface area contributed by atoms with Gasteiger partial charge in [0.25, 0.3) is 0 Å². The molecule has 0 saturated heterocycles. The number of primary amides is 1. The van der Waals surface area contributed by atoms with Gasteiger partial charge in [-0.15, -0.1) is 0 Å². The van der Waals surface area contributed by atoms with Crippen LogP contribution in [0.5, 0.6) is 5.75 Å². The molecule has 31 heavy (non-hydrogen) atoms. The van der Waals surface area contributed by atoms with E-state index in [1.54, 1.807) is 0 Å². The number of hydrogen-bond acceptors (Lipinski definition) is 7.